The van der Waals surface area contributed by atoms with Gasteiger partial charge in [-0.2, -0.15) is 0 Å². The molecule has 0 radical (unpaired) electrons. The van der Waals surface area contributed by atoms with E-state index in [1.165, 1.54) is 13.2 Å². The van der Waals surface area contributed by atoms with Crippen LogP contribution in [0.4, 0.5) is 11.4 Å². The van der Waals surface area contributed by atoms with Crippen molar-refractivity contribution in [2.75, 3.05) is 19.0 Å². The molecule has 0 aliphatic heterocycles. The molecule has 6 nitrogen and oxygen atoms in total. The Morgan fingerprint density at radius 2 is 2.29 bits per heavy atom. The zero-order valence-corrected chi connectivity index (χ0v) is 10.7. The molecular formula is C10H11BrN2O4. The molecule has 1 rings (SSSR count). The van der Waals surface area contributed by atoms with E-state index in [4.69, 9.17) is 0 Å². The van der Waals surface area contributed by atoms with E-state index in [0.717, 1.165) is 0 Å². The summed E-state index contributed by atoms with van der Waals surface area (Å²) in [5, 5.41) is 13.6. The zero-order valence-electron chi connectivity index (χ0n) is 9.10. The van der Waals surface area contributed by atoms with Crippen LogP contribution in [-0.2, 0) is 9.53 Å². The van der Waals surface area contributed by atoms with Gasteiger partial charge >= 0.3 is 5.97 Å². The molecule has 0 aliphatic carbocycles. The summed E-state index contributed by atoms with van der Waals surface area (Å²) in [6, 6.07) is 4.67. The van der Waals surface area contributed by atoms with Gasteiger partial charge in [-0.05, 0) is 12.1 Å². The maximum atomic E-state index is 10.9. The molecule has 92 valence electrons. The fourth-order valence-electron chi connectivity index (χ4n) is 1.21. The monoisotopic (exact) mass is 302 g/mol. The van der Waals surface area contributed by atoms with Crippen molar-refractivity contribution in [1.29, 1.82) is 0 Å². The molecule has 1 aromatic rings. The Kier molecular flexibility index (Phi) is 4.89. The van der Waals surface area contributed by atoms with Crippen molar-refractivity contribution in [3.63, 3.8) is 0 Å². The Hall–Kier alpha value is -1.63. The Bertz CT molecular complexity index is 436. The highest BCUT2D eigenvalue weighted by Gasteiger charge is 2.13. The smallest absolute Gasteiger partial charge is 0.307 e. The second-order valence-corrected chi connectivity index (χ2v) is 4.09. The van der Waals surface area contributed by atoms with Gasteiger partial charge in [-0.25, -0.2) is 0 Å². The van der Waals surface area contributed by atoms with E-state index in [2.05, 4.69) is 26.0 Å². The van der Waals surface area contributed by atoms with E-state index in [0.29, 0.717) is 10.2 Å². The number of halogens is 1. The maximum Gasteiger partial charge on any atom is 0.307 e. The minimum Gasteiger partial charge on any atom is -0.469 e. The number of nitro groups is 1. The van der Waals surface area contributed by atoms with Gasteiger partial charge in [0.15, 0.2) is 0 Å². The van der Waals surface area contributed by atoms with Gasteiger partial charge in [-0.1, -0.05) is 15.9 Å². The quantitative estimate of drug-likeness (QED) is 0.513. The van der Waals surface area contributed by atoms with Crippen molar-refractivity contribution < 1.29 is 14.5 Å². The number of benzene rings is 1. The highest BCUT2D eigenvalue weighted by molar-refractivity contribution is 9.10. The number of carbonyl (C=O) groups excluding carboxylic acids is 1. The van der Waals surface area contributed by atoms with E-state index in [1.54, 1.807) is 12.1 Å². The highest BCUT2D eigenvalue weighted by Crippen LogP contribution is 2.27. The summed E-state index contributed by atoms with van der Waals surface area (Å²) >= 11 is 3.16. The summed E-state index contributed by atoms with van der Waals surface area (Å²) in [5.41, 5.74) is 0.339. The normalized spacial score (nSPS) is 9.76. The third kappa shape index (κ3) is 4.03. The number of hydrogen-bond acceptors (Lipinski definition) is 5. The van der Waals surface area contributed by atoms with E-state index in [-0.39, 0.29) is 24.6 Å². The lowest BCUT2D eigenvalue weighted by Gasteiger charge is -2.06. The van der Waals surface area contributed by atoms with Gasteiger partial charge in [0.1, 0.15) is 5.69 Å². The summed E-state index contributed by atoms with van der Waals surface area (Å²) in [6.45, 7) is 0.287. The zero-order chi connectivity index (χ0) is 12.8. The molecule has 0 unspecified atom stereocenters. The average molecular weight is 303 g/mol. The Morgan fingerprint density at radius 1 is 1.59 bits per heavy atom. The van der Waals surface area contributed by atoms with Crippen LogP contribution in [0.25, 0.3) is 0 Å². The van der Waals surface area contributed by atoms with Crippen molar-refractivity contribution >= 4 is 33.3 Å². The van der Waals surface area contributed by atoms with Crippen LogP contribution >= 0.6 is 15.9 Å². The largest absolute Gasteiger partial charge is 0.469 e. The number of anilines is 1. The van der Waals surface area contributed by atoms with Gasteiger partial charge in [0.25, 0.3) is 5.69 Å². The van der Waals surface area contributed by atoms with Crippen LogP contribution in [0.1, 0.15) is 6.42 Å². The Labute approximate surface area is 106 Å². The fourth-order valence-corrected chi connectivity index (χ4v) is 1.56. The maximum absolute atomic E-state index is 10.9. The standard InChI is InChI=1S/C10H11BrN2O4/c1-17-10(14)4-5-12-8-3-2-7(11)6-9(8)13(15)16/h2-3,6,12H,4-5H2,1H3. The summed E-state index contributed by atoms with van der Waals surface area (Å²) in [7, 11) is 1.30. The molecule has 0 saturated carbocycles. The molecule has 0 amide bonds. The lowest BCUT2D eigenvalue weighted by Crippen LogP contribution is -2.10. The molecule has 0 spiro atoms. The van der Waals surface area contributed by atoms with Gasteiger partial charge in [0.05, 0.1) is 18.5 Å². The fraction of sp³-hybridized carbons (Fsp3) is 0.300. The van der Waals surface area contributed by atoms with Crippen LogP contribution in [0.2, 0.25) is 0 Å². The molecule has 0 aliphatic rings. The van der Waals surface area contributed by atoms with Crippen molar-refractivity contribution in [2.45, 2.75) is 6.42 Å². The number of nitrogens with zero attached hydrogens (tertiary/aromatic N) is 1. The van der Waals surface area contributed by atoms with Crippen molar-refractivity contribution in [2.24, 2.45) is 0 Å². The lowest BCUT2D eigenvalue weighted by atomic mass is 10.2. The molecule has 7 heteroatoms. The van der Waals surface area contributed by atoms with Gasteiger partial charge in [0.2, 0.25) is 0 Å². The van der Waals surface area contributed by atoms with Crippen LogP contribution in [0.15, 0.2) is 22.7 Å². The summed E-state index contributed by atoms with van der Waals surface area (Å²) < 4.78 is 5.09. The molecule has 0 heterocycles. The minimum absolute atomic E-state index is 0.0377. The number of nitrogens with one attached hydrogen (secondary N) is 1. The number of hydrogen-bond donors (Lipinski definition) is 1. The second-order valence-electron chi connectivity index (χ2n) is 3.17. The summed E-state index contributed by atoms with van der Waals surface area (Å²) in [6.07, 6.45) is 0.156. The lowest BCUT2D eigenvalue weighted by molar-refractivity contribution is -0.384. The molecule has 0 atom stereocenters. The molecule has 0 aromatic heterocycles. The molecular weight excluding hydrogens is 292 g/mol. The van der Waals surface area contributed by atoms with E-state index in [1.807, 2.05) is 0 Å². The minimum atomic E-state index is -0.481. The average Bonchev–Trinajstić information content (AvgIpc) is 2.30. The van der Waals surface area contributed by atoms with Crippen LogP contribution in [-0.4, -0.2) is 24.5 Å². The summed E-state index contributed by atoms with van der Waals surface area (Å²) in [5.74, 6) is -0.364. The van der Waals surface area contributed by atoms with Crippen LogP contribution in [0.5, 0.6) is 0 Å². The third-order valence-electron chi connectivity index (χ3n) is 2.03. The van der Waals surface area contributed by atoms with E-state index in [9.17, 15) is 14.9 Å². The highest BCUT2D eigenvalue weighted by atomic mass is 79.9. The Morgan fingerprint density at radius 3 is 2.88 bits per heavy atom. The van der Waals surface area contributed by atoms with Crippen molar-refractivity contribution in [1.82, 2.24) is 0 Å². The van der Waals surface area contributed by atoms with Gasteiger partial charge in [0, 0.05) is 17.1 Å². The SMILES string of the molecule is COC(=O)CCNc1ccc(Br)cc1[N+](=O)[O-]. The molecule has 1 N–H and O–H groups in total. The predicted molar refractivity (Wildman–Crippen MR) is 65.9 cm³/mol. The number of methoxy groups -OCH3 is 1. The van der Waals surface area contributed by atoms with Gasteiger partial charge in [-0.15, -0.1) is 0 Å². The number of carbonyl (C=O) groups is 1. The van der Waals surface area contributed by atoms with Crippen molar-refractivity contribution in [3.05, 3.63) is 32.8 Å². The first-order chi connectivity index (χ1) is 8.04. The van der Waals surface area contributed by atoms with Gasteiger partial charge in [-0.3, -0.25) is 14.9 Å². The topological polar surface area (TPSA) is 81.5 Å². The molecule has 0 fully saturated rings. The van der Waals surface area contributed by atoms with Crippen molar-refractivity contribution in [3.8, 4) is 0 Å². The van der Waals surface area contributed by atoms with Crippen LogP contribution in [0, 0.1) is 10.1 Å². The first kappa shape index (κ1) is 13.4. The summed E-state index contributed by atoms with van der Waals surface area (Å²) in [4.78, 5) is 21.2. The molecule has 0 bridgehead atoms. The molecule has 17 heavy (non-hydrogen) atoms. The second kappa shape index (κ2) is 6.19. The number of rotatable bonds is 5. The number of esters is 1. The Balaban J connectivity index is 2.70. The first-order valence-electron chi connectivity index (χ1n) is 4.79. The number of ether oxygens (including phenoxy) is 1. The molecule has 1 aromatic carbocycles. The van der Waals surface area contributed by atoms with Crippen LogP contribution < -0.4 is 5.32 Å². The van der Waals surface area contributed by atoms with E-state index >= 15 is 0 Å². The molecule has 0 saturated heterocycles. The number of nitro benzene ring substituents is 1. The van der Waals surface area contributed by atoms with E-state index < -0.39 is 4.92 Å². The first-order valence-corrected chi connectivity index (χ1v) is 5.58. The predicted octanol–water partition coefficient (Wildman–Crippen LogP) is 2.33. The van der Waals surface area contributed by atoms with Gasteiger partial charge < -0.3 is 10.1 Å². The third-order valence-corrected chi connectivity index (χ3v) is 2.52. The van der Waals surface area contributed by atoms with Crippen LogP contribution in [0.3, 0.4) is 0 Å².